The fraction of sp³-hybridized carbons (Fsp3) is 0.259. The van der Waals surface area contributed by atoms with Crippen molar-refractivity contribution in [2.24, 2.45) is 0 Å². The molecule has 5 heteroatoms. The number of thioether (sulfide) groups is 1. The summed E-state index contributed by atoms with van der Waals surface area (Å²) in [5.74, 6) is 0.598. The molecule has 1 atom stereocenters. The zero-order valence-corrected chi connectivity index (χ0v) is 19.4. The number of aryl methyl sites for hydroxylation is 1. The summed E-state index contributed by atoms with van der Waals surface area (Å²) < 4.78 is 0. The van der Waals surface area contributed by atoms with Crippen LogP contribution < -0.4 is 9.80 Å². The third-order valence-corrected chi connectivity index (χ3v) is 7.73. The molecule has 1 fully saturated rings. The van der Waals surface area contributed by atoms with Gasteiger partial charge in [0.2, 0.25) is 10.8 Å². The van der Waals surface area contributed by atoms with Crippen LogP contribution in [-0.4, -0.2) is 17.6 Å². The van der Waals surface area contributed by atoms with Crippen molar-refractivity contribution < 1.29 is 9.59 Å². The van der Waals surface area contributed by atoms with Crippen molar-refractivity contribution in [2.45, 2.75) is 38.1 Å². The lowest BCUT2D eigenvalue weighted by molar-refractivity contribution is -0.123. The van der Waals surface area contributed by atoms with Crippen LogP contribution in [0.25, 0.3) is 0 Å². The Morgan fingerprint density at radius 3 is 2.31 bits per heavy atom. The van der Waals surface area contributed by atoms with Crippen molar-refractivity contribution in [3.8, 4) is 0 Å². The summed E-state index contributed by atoms with van der Waals surface area (Å²) >= 11 is 1.43. The van der Waals surface area contributed by atoms with Crippen LogP contribution >= 0.6 is 11.8 Å². The third-order valence-electron chi connectivity index (χ3n) is 6.34. The molecule has 2 aliphatic rings. The Morgan fingerprint density at radius 2 is 1.62 bits per heavy atom. The van der Waals surface area contributed by atoms with Crippen LogP contribution in [0.1, 0.15) is 42.0 Å². The Labute approximate surface area is 193 Å². The molecule has 2 aliphatic heterocycles. The number of nitrogens with zero attached hydrogens (tertiary/aromatic N) is 2. The quantitative estimate of drug-likeness (QED) is 0.528. The van der Waals surface area contributed by atoms with Crippen LogP contribution in [0.5, 0.6) is 0 Å². The van der Waals surface area contributed by atoms with Crippen LogP contribution in [0.3, 0.4) is 0 Å². The molecule has 0 radical (unpaired) electrons. The number of anilines is 2. The van der Waals surface area contributed by atoms with Gasteiger partial charge in [0.15, 0.2) is 0 Å². The molecule has 1 spiro atoms. The summed E-state index contributed by atoms with van der Waals surface area (Å²) in [6, 6.07) is 24.2. The minimum Gasteiger partial charge on any atom is -0.304 e. The fourth-order valence-electron chi connectivity index (χ4n) is 4.60. The summed E-state index contributed by atoms with van der Waals surface area (Å²) in [5, 5.41) is 0. The molecule has 0 N–H and O–H groups in total. The maximum atomic E-state index is 14.1. The molecule has 0 saturated carbocycles. The summed E-state index contributed by atoms with van der Waals surface area (Å²) in [6.45, 7) is 6.82. The predicted molar refractivity (Wildman–Crippen MR) is 131 cm³/mol. The van der Waals surface area contributed by atoms with Gasteiger partial charge in [-0.1, -0.05) is 74.0 Å². The largest absolute Gasteiger partial charge is 0.304 e. The van der Waals surface area contributed by atoms with E-state index in [9.17, 15) is 9.59 Å². The van der Waals surface area contributed by atoms with Crippen LogP contribution in [0.2, 0.25) is 0 Å². The van der Waals surface area contributed by atoms with Gasteiger partial charge in [0.1, 0.15) is 0 Å². The fourth-order valence-corrected chi connectivity index (χ4v) is 5.96. The van der Waals surface area contributed by atoms with Gasteiger partial charge < -0.3 is 4.90 Å². The standard InChI is InChI=1S/C27H26N2O2S/c1-18(2)21-12-14-22(15-13-21)29-25(30)17-32-27(29)23-6-4-5-7-24(23)28(26(27)31)16-20-10-8-19(3)9-11-20/h4-15,18H,16-17H2,1-3H3/t27-/m1/s1. The Kier molecular flexibility index (Phi) is 5.09. The van der Waals surface area contributed by atoms with Gasteiger partial charge in [-0.3, -0.25) is 14.5 Å². The van der Waals surface area contributed by atoms with Gasteiger partial charge >= 0.3 is 0 Å². The van der Waals surface area contributed by atoms with Crippen molar-refractivity contribution in [3.63, 3.8) is 0 Å². The van der Waals surface area contributed by atoms with E-state index < -0.39 is 4.87 Å². The normalized spacial score (nSPS) is 20.0. The summed E-state index contributed by atoms with van der Waals surface area (Å²) in [4.78, 5) is 29.7. The highest BCUT2D eigenvalue weighted by Gasteiger charge is 2.60. The van der Waals surface area contributed by atoms with Gasteiger partial charge in [-0.05, 0) is 42.2 Å². The highest BCUT2D eigenvalue weighted by atomic mass is 32.2. The van der Waals surface area contributed by atoms with Crippen molar-refractivity contribution in [3.05, 3.63) is 95.1 Å². The first-order valence-electron chi connectivity index (χ1n) is 11.0. The van der Waals surface area contributed by atoms with Gasteiger partial charge in [-0.25, -0.2) is 0 Å². The number of carbonyl (C=O) groups is 2. The van der Waals surface area contributed by atoms with Crippen molar-refractivity contribution >= 4 is 35.0 Å². The molecule has 162 valence electrons. The molecular formula is C27H26N2O2S. The third kappa shape index (κ3) is 3.15. The van der Waals surface area contributed by atoms with E-state index in [1.165, 1.54) is 22.9 Å². The number of benzene rings is 3. The molecular weight excluding hydrogens is 416 g/mol. The van der Waals surface area contributed by atoms with Crippen LogP contribution in [-0.2, 0) is 21.0 Å². The number of hydrogen-bond donors (Lipinski definition) is 0. The molecule has 0 aromatic heterocycles. The minimum atomic E-state index is -1.06. The van der Waals surface area contributed by atoms with E-state index in [1.54, 1.807) is 4.90 Å². The van der Waals surface area contributed by atoms with Gasteiger partial charge in [0.25, 0.3) is 5.91 Å². The molecule has 3 aromatic rings. The number of fused-ring (bicyclic) bond motifs is 2. The monoisotopic (exact) mass is 442 g/mol. The van der Waals surface area contributed by atoms with E-state index in [-0.39, 0.29) is 17.6 Å². The Hall–Kier alpha value is -3.05. The maximum absolute atomic E-state index is 14.1. The van der Waals surface area contributed by atoms with E-state index in [0.717, 1.165) is 22.5 Å². The number of amides is 2. The first kappa shape index (κ1) is 20.8. The van der Waals surface area contributed by atoms with Gasteiger partial charge in [-0.15, -0.1) is 11.8 Å². The zero-order valence-electron chi connectivity index (χ0n) is 18.5. The topological polar surface area (TPSA) is 40.6 Å². The van der Waals surface area contributed by atoms with Crippen molar-refractivity contribution in [2.75, 3.05) is 15.6 Å². The van der Waals surface area contributed by atoms with E-state index in [1.807, 2.05) is 41.3 Å². The van der Waals surface area contributed by atoms with Crippen LogP contribution in [0.4, 0.5) is 11.4 Å². The second-order valence-electron chi connectivity index (χ2n) is 8.80. The SMILES string of the molecule is Cc1ccc(CN2C(=O)[C@]3(SCC(=O)N3c3ccc(C(C)C)cc3)c3ccccc32)cc1. The van der Waals surface area contributed by atoms with E-state index in [2.05, 4.69) is 57.2 Å². The maximum Gasteiger partial charge on any atom is 0.269 e. The molecule has 5 rings (SSSR count). The van der Waals surface area contributed by atoms with Crippen LogP contribution in [0.15, 0.2) is 72.8 Å². The first-order chi connectivity index (χ1) is 15.4. The average Bonchev–Trinajstić information content (AvgIpc) is 3.26. The minimum absolute atomic E-state index is 0.0346. The molecule has 32 heavy (non-hydrogen) atoms. The summed E-state index contributed by atoms with van der Waals surface area (Å²) in [6.07, 6.45) is 0. The molecule has 2 heterocycles. The highest BCUT2D eigenvalue weighted by molar-refractivity contribution is 8.02. The van der Waals surface area contributed by atoms with Gasteiger partial charge in [0.05, 0.1) is 18.0 Å². The summed E-state index contributed by atoms with van der Waals surface area (Å²) in [5.41, 5.74) is 6.00. The molecule has 3 aromatic carbocycles. The van der Waals surface area contributed by atoms with Crippen molar-refractivity contribution in [1.82, 2.24) is 0 Å². The average molecular weight is 443 g/mol. The second kappa shape index (κ2) is 7.82. The highest BCUT2D eigenvalue weighted by Crippen LogP contribution is 2.55. The zero-order chi connectivity index (χ0) is 22.5. The van der Waals surface area contributed by atoms with E-state index in [0.29, 0.717) is 12.5 Å². The lowest BCUT2D eigenvalue weighted by atomic mass is 10.0. The van der Waals surface area contributed by atoms with Gasteiger partial charge in [-0.2, -0.15) is 0 Å². The lowest BCUT2D eigenvalue weighted by Gasteiger charge is -2.33. The Morgan fingerprint density at radius 1 is 0.938 bits per heavy atom. The molecule has 2 amide bonds. The van der Waals surface area contributed by atoms with Crippen LogP contribution in [0, 0.1) is 6.92 Å². The van der Waals surface area contributed by atoms with E-state index in [4.69, 9.17) is 0 Å². The predicted octanol–water partition coefficient (Wildman–Crippen LogP) is 5.60. The molecule has 0 bridgehead atoms. The number of hydrogen-bond acceptors (Lipinski definition) is 3. The molecule has 0 unspecified atom stereocenters. The Balaban J connectivity index is 1.60. The summed E-state index contributed by atoms with van der Waals surface area (Å²) in [7, 11) is 0. The second-order valence-corrected chi connectivity index (χ2v) is 9.97. The molecule has 1 saturated heterocycles. The molecule has 4 nitrogen and oxygen atoms in total. The van der Waals surface area contributed by atoms with Gasteiger partial charge in [0, 0.05) is 11.3 Å². The smallest absolute Gasteiger partial charge is 0.269 e. The van der Waals surface area contributed by atoms with Crippen molar-refractivity contribution in [1.29, 1.82) is 0 Å². The lowest BCUT2D eigenvalue weighted by Crippen LogP contribution is -2.49. The number of para-hydroxylation sites is 1. The number of carbonyl (C=O) groups excluding carboxylic acids is 2. The first-order valence-corrected chi connectivity index (χ1v) is 11.9. The molecule has 0 aliphatic carbocycles. The Bertz CT molecular complexity index is 1190. The number of rotatable bonds is 4. The van der Waals surface area contributed by atoms with E-state index >= 15 is 0 Å².